The molecule has 0 atom stereocenters. The summed E-state index contributed by atoms with van der Waals surface area (Å²) in [4.78, 5) is 0. The van der Waals surface area contributed by atoms with Crippen molar-refractivity contribution in [3.05, 3.63) is 66.2 Å². The van der Waals surface area contributed by atoms with E-state index in [-0.39, 0.29) is 5.75 Å². The van der Waals surface area contributed by atoms with Crippen molar-refractivity contribution in [2.24, 2.45) is 0 Å². The highest BCUT2D eigenvalue weighted by Gasteiger charge is 2.03. The summed E-state index contributed by atoms with van der Waals surface area (Å²) in [5.41, 5.74) is 5.02. The van der Waals surface area contributed by atoms with Crippen molar-refractivity contribution in [3.63, 3.8) is 0 Å². The van der Waals surface area contributed by atoms with Crippen molar-refractivity contribution in [2.45, 2.75) is 19.8 Å². The number of aromatic hydroxyl groups is 1. The smallest absolute Gasteiger partial charge is 0.115 e. The lowest BCUT2D eigenvalue weighted by Crippen LogP contribution is -1.91. The van der Waals surface area contributed by atoms with Crippen LogP contribution in [0.3, 0.4) is 0 Å². The van der Waals surface area contributed by atoms with Crippen molar-refractivity contribution >= 4 is 0 Å². The highest BCUT2D eigenvalue weighted by atomic mass is 16.3. The van der Waals surface area contributed by atoms with E-state index in [0.29, 0.717) is 0 Å². The molecule has 0 saturated carbocycles. The van der Waals surface area contributed by atoms with Crippen molar-refractivity contribution in [1.82, 2.24) is 10.2 Å². The van der Waals surface area contributed by atoms with E-state index in [0.717, 1.165) is 35.4 Å². The molecule has 1 heterocycles. The molecule has 0 fully saturated rings. The zero-order chi connectivity index (χ0) is 15.4. The molecule has 0 unspecified atom stereocenters. The lowest BCUT2D eigenvalue weighted by molar-refractivity contribution is 0.475. The summed E-state index contributed by atoms with van der Waals surface area (Å²) >= 11 is 0. The van der Waals surface area contributed by atoms with E-state index in [1.54, 1.807) is 12.1 Å². The summed E-state index contributed by atoms with van der Waals surface area (Å²) < 4.78 is 0. The first-order valence-electron chi connectivity index (χ1n) is 7.48. The quantitative estimate of drug-likeness (QED) is 0.771. The van der Waals surface area contributed by atoms with Crippen LogP contribution in [0.1, 0.15) is 18.9 Å². The molecule has 0 saturated heterocycles. The van der Waals surface area contributed by atoms with Crippen LogP contribution in [0.25, 0.3) is 22.5 Å². The van der Waals surface area contributed by atoms with Gasteiger partial charge in [-0.2, -0.15) is 0 Å². The number of hydrogen-bond acceptors (Lipinski definition) is 3. The Morgan fingerprint density at radius 3 is 1.68 bits per heavy atom. The largest absolute Gasteiger partial charge is 0.508 e. The number of aromatic nitrogens is 2. The highest BCUT2D eigenvalue weighted by Crippen LogP contribution is 2.22. The van der Waals surface area contributed by atoms with Gasteiger partial charge >= 0.3 is 0 Å². The molecule has 0 aliphatic rings. The van der Waals surface area contributed by atoms with Crippen molar-refractivity contribution in [2.75, 3.05) is 0 Å². The molecule has 3 aromatic rings. The highest BCUT2D eigenvalue weighted by molar-refractivity contribution is 5.64. The zero-order valence-electron chi connectivity index (χ0n) is 12.5. The van der Waals surface area contributed by atoms with Gasteiger partial charge in [-0.1, -0.05) is 37.6 Å². The van der Waals surface area contributed by atoms with Crippen LogP contribution in [-0.2, 0) is 6.42 Å². The standard InChI is InChI=1S/C19H18N2O/c1-2-3-14-4-6-15(7-5-14)18-12-13-19(21-20-18)16-8-10-17(22)11-9-16/h4-13,22H,2-3H2,1H3. The van der Waals surface area contributed by atoms with Crippen LogP contribution in [0.5, 0.6) is 5.75 Å². The second-order valence-corrected chi connectivity index (χ2v) is 5.30. The van der Waals surface area contributed by atoms with Gasteiger partial charge in [0, 0.05) is 11.1 Å². The third kappa shape index (κ3) is 3.14. The molecule has 110 valence electrons. The number of phenolic OH excluding ortho intramolecular Hbond substituents is 1. The minimum absolute atomic E-state index is 0.250. The van der Waals surface area contributed by atoms with Crippen molar-refractivity contribution in [1.29, 1.82) is 0 Å². The monoisotopic (exact) mass is 290 g/mol. The normalized spacial score (nSPS) is 10.6. The van der Waals surface area contributed by atoms with E-state index in [9.17, 15) is 5.11 Å². The van der Waals surface area contributed by atoms with Gasteiger partial charge < -0.3 is 5.11 Å². The summed E-state index contributed by atoms with van der Waals surface area (Å²) in [6.07, 6.45) is 2.26. The molecule has 3 nitrogen and oxygen atoms in total. The molecule has 0 bridgehead atoms. The lowest BCUT2D eigenvalue weighted by atomic mass is 10.1. The van der Waals surface area contributed by atoms with Gasteiger partial charge in [-0.25, -0.2) is 0 Å². The topological polar surface area (TPSA) is 46.0 Å². The first-order chi connectivity index (χ1) is 10.8. The molecule has 0 amide bonds. The van der Waals surface area contributed by atoms with E-state index in [2.05, 4.69) is 41.4 Å². The van der Waals surface area contributed by atoms with E-state index < -0.39 is 0 Å². The number of nitrogens with zero attached hydrogens (tertiary/aromatic N) is 2. The molecule has 2 aromatic carbocycles. The molecule has 1 aromatic heterocycles. The first-order valence-corrected chi connectivity index (χ1v) is 7.48. The van der Waals surface area contributed by atoms with Crippen LogP contribution >= 0.6 is 0 Å². The minimum atomic E-state index is 0.250. The summed E-state index contributed by atoms with van der Waals surface area (Å²) in [6, 6.07) is 19.4. The average molecular weight is 290 g/mol. The predicted molar refractivity (Wildman–Crippen MR) is 88.6 cm³/mol. The second-order valence-electron chi connectivity index (χ2n) is 5.30. The van der Waals surface area contributed by atoms with E-state index in [1.807, 2.05) is 24.3 Å². The first kappa shape index (κ1) is 14.3. The fourth-order valence-electron chi connectivity index (χ4n) is 2.40. The SMILES string of the molecule is CCCc1ccc(-c2ccc(-c3ccc(O)cc3)nn2)cc1. The summed E-state index contributed by atoms with van der Waals surface area (Å²) in [5, 5.41) is 17.9. The number of phenols is 1. The molecule has 0 radical (unpaired) electrons. The maximum Gasteiger partial charge on any atom is 0.115 e. The van der Waals surface area contributed by atoms with E-state index in [1.165, 1.54) is 5.56 Å². The Kier molecular flexibility index (Phi) is 4.15. The molecular weight excluding hydrogens is 272 g/mol. The molecule has 3 rings (SSSR count). The summed E-state index contributed by atoms with van der Waals surface area (Å²) in [7, 11) is 0. The Balaban J connectivity index is 1.83. The van der Waals surface area contributed by atoms with E-state index in [4.69, 9.17) is 0 Å². The second kappa shape index (κ2) is 6.39. The third-order valence-corrected chi connectivity index (χ3v) is 3.62. The van der Waals surface area contributed by atoms with Crippen LogP contribution in [-0.4, -0.2) is 15.3 Å². The van der Waals surface area contributed by atoms with Gasteiger partial charge in [0.2, 0.25) is 0 Å². The number of aryl methyl sites for hydroxylation is 1. The maximum atomic E-state index is 9.32. The Bertz CT molecular complexity index is 732. The molecule has 22 heavy (non-hydrogen) atoms. The van der Waals surface area contributed by atoms with Gasteiger partial charge in [0.15, 0.2) is 0 Å². The summed E-state index contributed by atoms with van der Waals surface area (Å²) in [6.45, 7) is 2.18. The molecule has 0 aliphatic carbocycles. The van der Waals surface area contributed by atoms with Gasteiger partial charge in [0.05, 0.1) is 11.4 Å². The van der Waals surface area contributed by atoms with Crippen molar-refractivity contribution < 1.29 is 5.11 Å². The molecule has 0 aliphatic heterocycles. The minimum Gasteiger partial charge on any atom is -0.508 e. The number of rotatable bonds is 4. The van der Waals surface area contributed by atoms with Gasteiger partial charge in [0.1, 0.15) is 5.75 Å². The molecule has 3 heteroatoms. The number of benzene rings is 2. The van der Waals surface area contributed by atoms with Crippen molar-refractivity contribution in [3.8, 4) is 28.3 Å². The average Bonchev–Trinajstić information content (AvgIpc) is 2.57. The van der Waals surface area contributed by atoms with Crippen LogP contribution < -0.4 is 0 Å². The molecule has 1 N–H and O–H groups in total. The maximum absolute atomic E-state index is 9.32. The molecule has 0 spiro atoms. The lowest BCUT2D eigenvalue weighted by Gasteiger charge is -2.04. The Labute approximate surface area is 130 Å². The Hall–Kier alpha value is -2.68. The van der Waals surface area contributed by atoms with E-state index >= 15 is 0 Å². The fraction of sp³-hybridized carbons (Fsp3) is 0.158. The summed E-state index contributed by atoms with van der Waals surface area (Å²) in [5.74, 6) is 0.250. The Morgan fingerprint density at radius 1 is 0.727 bits per heavy atom. The van der Waals surface area contributed by atoms with Crippen LogP contribution in [0, 0.1) is 0 Å². The van der Waals surface area contributed by atoms with Crippen LogP contribution in [0.4, 0.5) is 0 Å². The van der Waals surface area contributed by atoms with Gasteiger partial charge in [-0.3, -0.25) is 0 Å². The number of hydrogen-bond donors (Lipinski definition) is 1. The van der Waals surface area contributed by atoms with Gasteiger partial charge in [0.25, 0.3) is 0 Å². The van der Waals surface area contributed by atoms with Crippen LogP contribution in [0.2, 0.25) is 0 Å². The van der Waals surface area contributed by atoms with Crippen LogP contribution in [0.15, 0.2) is 60.7 Å². The predicted octanol–water partition coefficient (Wildman–Crippen LogP) is 4.47. The fourth-order valence-corrected chi connectivity index (χ4v) is 2.40. The Morgan fingerprint density at radius 2 is 1.23 bits per heavy atom. The van der Waals surface area contributed by atoms with Gasteiger partial charge in [-0.05, 0) is 48.4 Å². The zero-order valence-corrected chi connectivity index (χ0v) is 12.5. The van der Waals surface area contributed by atoms with Gasteiger partial charge in [-0.15, -0.1) is 10.2 Å². The third-order valence-electron chi connectivity index (χ3n) is 3.62. The molecular formula is C19H18N2O.